The monoisotopic (exact) mass is 275 g/mol. The molecule has 0 aromatic heterocycles. The molecule has 1 heterocycles. The smallest absolute Gasteiger partial charge is 0.310 e. The molecule has 0 aromatic rings. The van der Waals surface area contributed by atoms with E-state index in [1.165, 1.54) is 12.8 Å². The molecule has 0 aromatic carbocycles. The van der Waals surface area contributed by atoms with E-state index in [4.69, 9.17) is 0 Å². The number of nitrogens with one attached hydrogen (secondary N) is 1. The van der Waals surface area contributed by atoms with Crippen LogP contribution in [0.15, 0.2) is 0 Å². The molecule has 0 bridgehead atoms. The van der Waals surface area contributed by atoms with Gasteiger partial charge in [0, 0.05) is 6.54 Å². The maximum Gasteiger partial charge on any atom is 0.310 e. The Hall–Kier alpha value is -0.280. The van der Waals surface area contributed by atoms with Gasteiger partial charge in [0.25, 0.3) is 0 Å². The van der Waals surface area contributed by atoms with Gasteiger partial charge in [-0.1, -0.05) is 26.7 Å². The van der Waals surface area contributed by atoms with Gasteiger partial charge in [-0.3, -0.25) is 4.79 Å². The molecule has 0 spiro atoms. The van der Waals surface area contributed by atoms with E-state index in [2.05, 4.69) is 19.2 Å². The second-order valence-electron chi connectivity index (χ2n) is 6.41. The highest BCUT2D eigenvalue weighted by Crippen LogP contribution is 2.42. The summed E-state index contributed by atoms with van der Waals surface area (Å²) in [6.45, 7) is 6.05. The van der Waals surface area contributed by atoms with Gasteiger partial charge in [0.1, 0.15) is 0 Å². The number of carbonyl (C=O) groups is 1. The van der Waals surface area contributed by atoms with Crippen LogP contribution in [0.5, 0.6) is 0 Å². The van der Waals surface area contributed by atoms with E-state index >= 15 is 0 Å². The third kappa shape index (κ3) is 3.61. The number of hydrogen-bond donors (Lipinski definition) is 2. The van der Waals surface area contributed by atoms with Crippen LogP contribution >= 0.6 is 12.4 Å². The Morgan fingerprint density at radius 2 is 2.11 bits per heavy atom. The maximum absolute atomic E-state index is 11.6. The standard InChI is InChI=1S/C14H25NO2.ClH/c1-10(2)12-7-14(13(16)17,9-15-8-12)6-5-11-3-4-11;/h10-12,15H,3-9H2,1-2H3,(H,16,17);1H/t12-,14-;/m1./s1. The summed E-state index contributed by atoms with van der Waals surface area (Å²) in [7, 11) is 0. The molecular formula is C14H26ClNO2. The molecule has 106 valence electrons. The average molecular weight is 276 g/mol. The minimum absolute atomic E-state index is 0. The molecule has 0 amide bonds. The van der Waals surface area contributed by atoms with Crippen molar-refractivity contribution >= 4 is 18.4 Å². The fourth-order valence-electron chi connectivity index (χ4n) is 2.96. The van der Waals surface area contributed by atoms with Gasteiger partial charge in [-0.25, -0.2) is 0 Å². The van der Waals surface area contributed by atoms with Crippen LogP contribution in [-0.2, 0) is 4.79 Å². The van der Waals surface area contributed by atoms with Gasteiger partial charge < -0.3 is 10.4 Å². The normalized spacial score (nSPS) is 32.1. The van der Waals surface area contributed by atoms with Crippen molar-refractivity contribution in [2.24, 2.45) is 23.2 Å². The van der Waals surface area contributed by atoms with Crippen molar-refractivity contribution in [3.8, 4) is 0 Å². The minimum Gasteiger partial charge on any atom is -0.481 e. The first kappa shape index (κ1) is 15.8. The first-order valence-corrected chi connectivity index (χ1v) is 6.97. The Morgan fingerprint density at radius 3 is 2.61 bits per heavy atom. The van der Waals surface area contributed by atoms with Gasteiger partial charge in [0.15, 0.2) is 0 Å². The van der Waals surface area contributed by atoms with Gasteiger partial charge in [-0.15, -0.1) is 12.4 Å². The molecular weight excluding hydrogens is 250 g/mol. The number of aliphatic carboxylic acids is 1. The summed E-state index contributed by atoms with van der Waals surface area (Å²) in [5.41, 5.74) is -0.490. The van der Waals surface area contributed by atoms with Crippen molar-refractivity contribution in [2.45, 2.75) is 46.0 Å². The van der Waals surface area contributed by atoms with E-state index < -0.39 is 11.4 Å². The van der Waals surface area contributed by atoms with Crippen LogP contribution in [0.25, 0.3) is 0 Å². The molecule has 1 saturated heterocycles. The lowest BCUT2D eigenvalue weighted by Gasteiger charge is -2.40. The van der Waals surface area contributed by atoms with Gasteiger partial charge in [0.05, 0.1) is 5.41 Å². The van der Waals surface area contributed by atoms with E-state index in [9.17, 15) is 9.90 Å². The Labute approximate surface area is 116 Å². The number of hydrogen-bond acceptors (Lipinski definition) is 2. The fraction of sp³-hybridized carbons (Fsp3) is 0.929. The zero-order valence-electron chi connectivity index (χ0n) is 11.4. The van der Waals surface area contributed by atoms with Crippen LogP contribution in [0.3, 0.4) is 0 Å². The summed E-state index contributed by atoms with van der Waals surface area (Å²) in [4.78, 5) is 11.6. The molecule has 0 unspecified atom stereocenters. The van der Waals surface area contributed by atoms with E-state index in [0.29, 0.717) is 18.4 Å². The Morgan fingerprint density at radius 1 is 1.44 bits per heavy atom. The second kappa shape index (κ2) is 6.25. The largest absolute Gasteiger partial charge is 0.481 e. The molecule has 1 aliphatic heterocycles. The van der Waals surface area contributed by atoms with Crippen molar-refractivity contribution in [1.29, 1.82) is 0 Å². The topological polar surface area (TPSA) is 49.3 Å². The molecule has 18 heavy (non-hydrogen) atoms. The molecule has 2 atom stereocenters. The highest BCUT2D eigenvalue weighted by atomic mass is 35.5. The van der Waals surface area contributed by atoms with Crippen LogP contribution in [0.4, 0.5) is 0 Å². The first-order valence-electron chi connectivity index (χ1n) is 6.97. The number of rotatable bonds is 5. The van der Waals surface area contributed by atoms with Crippen LogP contribution in [-0.4, -0.2) is 24.2 Å². The highest BCUT2D eigenvalue weighted by molar-refractivity contribution is 5.85. The number of carboxylic acids is 1. The van der Waals surface area contributed by atoms with Gasteiger partial charge >= 0.3 is 5.97 Å². The summed E-state index contributed by atoms with van der Waals surface area (Å²) >= 11 is 0. The van der Waals surface area contributed by atoms with E-state index in [0.717, 1.165) is 31.7 Å². The summed E-state index contributed by atoms with van der Waals surface area (Å²) in [6.07, 6.45) is 5.47. The van der Waals surface area contributed by atoms with Crippen molar-refractivity contribution in [1.82, 2.24) is 5.32 Å². The lowest BCUT2D eigenvalue weighted by Crippen LogP contribution is -2.50. The molecule has 4 heteroatoms. The van der Waals surface area contributed by atoms with Crippen LogP contribution in [0.1, 0.15) is 46.0 Å². The van der Waals surface area contributed by atoms with Crippen molar-refractivity contribution in [2.75, 3.05) is 13.1 Å². The van der Waals surface area contributed by atoms with Crippen LogP contribution in [0.2, 0.25) is 0 Å². The Kier molecular flexibility index (Phi) is 5.47. The third-order valence-corrected chi connectivity index (χ3v) is 4.65. The predicted molar refractivity (Wildman–Crippen MR) is 75.1 cm³/mol. The second-order valence-corrected chi connectivity index (χ2v) is 6.41. The molecule has 2 aliphatic rings. The summed E-state index contributed by atoms with van der Waals surface area (Å²) in [6, 6.07) is 0. The first-order chi connectivity index (χ1) is 8.03. The summed E-state index contributed by atoms with van der Waals surface area (Å²) in [5, 5.41) is 12.9. The summed E-state index contributed by atoms with van der Waals surface area (Å²) in [5.74, 6) is 1.32. The van der Waals surface area contributed by atoms with E-state index in [1.807, 2.05) is 0 Å². The van der Waals surface area contributed by atoms with Gasteiger partial charge in [-0.2, -0.15) is 0 Å². The van der Waals surface area contributed by atoms with Crippen molar-refractivity contribution in [3.63, 3.8) is 0 Å². The molecule has 2 N–H and O–H groups in total. The Bertz CT molecular complexity index is 292. The summed E-state index contributed by atoms with van der Waals surface area (Å²) < 4.78 is 0. The average Bonchev–Trinajstić information content (AvgIpc) is 3.10. The molecule has 3 nitrogen and oxygen atoms in total. The van der Waals surface area contributed by atoms with Crippen LogP contribution in [0, 0.1) is 23.2 Å². The zero-order valence-corrected chi connectivity index (χ0v) is 12.3. The van der Waals surface area contributed by atoms with Crippen LogP contribution < -0.4 is 5.32 Å². The van der Waals surface area contributed by atoms with Crippen molar-refractivity contribution in [3.05, 3.63) is 0 Å². The third-order valence-electron chi connectivity index (χ3n) is 4.65. The number of carboxylic acid groups (broad SMARTS) is 1. The maximum atomic E-state index is 11.6. The highest BCUT2D eigenvalue weighted by Gasteiger charge is 2.44. The van der Waals surface area contributed by atoms with Crippen molar-refractivity contribution < 1.29 is 9.90 Å². The quantitative estimate of drug-likeness (QED) is 0.811. The Balaban J connectivity index is 0.00000162. The molecule has 1 saturated carbocycles. The van der Waals surface area contributed by atoms with E-state index in [1.54, 1.807) is 0 Å². The number of halogens is 1. The zero-order chi connectivity index (χ0) is 12.5. The minimum atomic E-state index is -0.587. The molecule has 2 rings (SSSR count). The van der Waals surface area contributed by atoms with Gasteiger partial charge in [0.2, 0.25) is 0 Å². The number of piperidine rings is 1. The predicted octanol–water partition coefficient (Wildman–Crippen LogP) is 2.93. The molecule has 0 radical (unpaired) electrons. The SMILES string of the molecule is CC(C)[C@H]1CNC[C@](CCC2CC2)(C(=O)O)C1.Cl. The molecule has 1 aliphatic carbocycles. The lowest BCUT2D eigenvalue weighted by atomic mass is 9.70. The fourth-order valence-corrected chi connectivity index (χ4v) is 2.96. The van der Waals surface area contributed by atoms with E-state index in [-0.39, 0.29) is 12.4 Å². The van der Waals surface area contributed by atoms with Gasteiger partial charge in [-0.05, 0) is 43.6 Å². The molecule has 2 fully saturated rings. The lowest BCUT2D eigenvalue weighted by molar-refractivity contribution is -0.152.